The fourth-order valence-electron chi connectivity index (χ4n) is 3.05. The van der Waals surface area contributed by atoms with Gasteiger partial charge in [-0.15, -0.1) is 0 Å². The molecule has 0 aromatic rings. The zero-order valence-electron chi connectivity index (χ0n) is 10.9. The molecule has 5 nitrogen and oxygen atoms in total. The molecule has 0 spiro atoms. The van der Waals surface area contributed by atoms with Crippen LogP contribution in [0.3, 0.4) is 0 Å². The first-order valence-corrected chi connectivity index (χ1v) is 7.00. The lowest BCUT2D eigenvalue weighted by molar-refractivity contribution is 0.166. The minimum absolute atomic E-state index is 0.149. The van der Waals surface area contributed by atoms with Crippen molar-refractivity contribution in [3.63, 3.8) is 0 Å². The Morgan fingerprint density at radius 2 is 1.39 bits per heavy atom. The molecule has 2 heterocycles. The Kier molecular flexibility index (Phi) is 4.83. The number of hydrogen-bond acceptors (Lipinski definition) is 3. The van der Waals surface area contributed by atoms with E-state index < -0.39 is 0 Å². The Labute approximate surface area is 108 Å². The molecule has 18 heavy (non-hydrogen) atoms. The Morgan fingerprint density at radius 3 is 1.78 bits per heavy atom. The minimum Gasteiger partial charge on any atom is -0.396 e. The van der Waals surface area contributed by atoms with E-state index in [2.05, 4.69) is 0 Å². The largest absolute Gasteiger partial charge is 0.396 e. The summed E-state index contributed by atoms with van der Waals surface area (Å²) >= 11 is 0. The maximum atomic E-state index is 12.3. The smallest absolute Gasteiger partial charge is 0.320 e. The van der Waals surface area contributed by atoms with Gasteiger partial charge >= 0.3 is 6.03 Å². The monoisotopic (exact) mass is 256 g/mol. The highest BCUT2D eigenvalue weighted by Gasteiger charge is 2.32. The zero-order valence-corrected chi connectivity index (χ0v) is 10.9. The van der Waals surface area contributed by atoms with Gasteiger partial charge in [0.1, 0.15) is 0 Å². The second kappa shape index (κ2) is 6.38. The summed E-state index contributed by atoms with van der Waals surface area (Å²) in [4.78, 5) is 16.1. The molecule has 2 saturated heterocycles. The van der Waals surface area contributed by atoms with Gasteiger partial charge in [-0.1, -0.05) is 0 Å². The molecule has 2 aliphatic heterocycles. The molecular formula is C13H24N2O3. The summed E-state index contributed by atoms with van der Waals surface area (Å²) in [7, 11) is 0. The van der Waals surface area contributed by atoms with Crippen molar-refractivity contribution in [1.82, 2.24) is 9.80 Å². The van der Waals surface area contributed by atoms with E-state index >= 15 is 0 Å². The Hall–Kier alpha value is -0.810. The molecule has 0 aliphatic carbocycles. The number of urea groups is 1. The van der Waals surface area contributed by atoms with Crippen LogP contribution in [-0.2, 0) is 0 Å². The lowest BCUT2D eigenvalue weighted by Crippen LogP contribution is -2.41. The van der Waals surface area contributed by atoms with Crippen molar-refractivity contribution in [3.05, 3.63) is 0 Å². The molecule has 2 unspecified atom stereocenters. The van der Waals surface area contributed by atoms with Gasteiger partial charge in [-0.25, -0.2) is 4.79 Å². The number of likely N-dealkylation sites (tertiary alicyclic amines) is 2. The van der Waals surface area contributed by atoms with E-state index in [1.807, 2.05) is 9.80 Å². The minimum atomic E-state index is 0.149. The normalized spacial score (nSPS) is 28.1. The van der Waals surface area contributed by atoms with Gasteiger partial charge < -0.3 is 20.0 Å². The Balaban J connectivity index is 1.78. The summed E-state index contributed by atoms with van der Waals surface area (Å²) in [5.41, 5.74) is 0. The second-order valence-electron chi connectivity index (χ2n) is 5.51. The molecule has 0 saturated carbocycles. The van der Waals surface area contributed by atoms with Crippen LogP contribution in [0.4, 0.5) is 4.79 Å². The highest BCUT2D eigenvalue weighted by molar-refractivity contribution is 5.75. The molecule has 0 bridgehead atoms. The van der Waals surface area contributed by atoms with Gasteiger partial charge in [0.05, 0.1) is 0 Å². The molecule has 2 fully saturated rings. The highest BCUT2D eigenvalue weighted by Crippen LogP contribution is 2.24. The first-order chi connectivity index (χ1) is 8.74. The van der Waals surface area contributed by atoms with Gasteiger partial charge in [0.15, 0.2) is 0 Å². The molecule has 2 aliphatic rings. The number of aliphatic hydroxyl groups excluding tert-OH is 2. The topological polar surface area (TPSA) is 64.0 Å². The third-order valence-corrected chi connectivity index (χ3v) is 4.19. The second-order valence-corrected chi connectivity index (χ2v) is 5.51. The first-order valence-electron chi connectivity index (χ1n) is 7.00. The standard InChI is InChI=1S/C13H24N2O3/c16-7-3-11-1-5-14(9-11)13(18)15-6-2-12(10-15)4-8-17/h11-12,16-17H,1-10H2. The van der Waals surface area contributed by atoms with Crippen molar-refractivity contribution < 1.29 is 15.0 Å². The summed E-state index contributed by atoms with van der Waals surface area (Å²) in [6.07, 6.45) is 3.63. The summed E-state index contributed by atoms with van der Waals surface area (Å²) in [5.74, 6) is 0.935. The van der Waals surface area contributed by atoms with Crippen molar-refractivity contribution in [1.29, 1.82) is 0 Å². The van der Waals surface area contributed by atoms with Crippen molar-refractivity contribution in [2.75, 3.05) is 39.4 Å². The van der Waals surface area contributed by atoms with Crippen molar-refractivity contribution in [2.24, 2.45) is 11.8 Å². The number of carbonyl (C=O) groups excluding carboxylic acids is 1. The highest BCUT2D eigenvalue weighted by atomic mass is 16.3. The van der Waals surface area contributed by atoms with E-state index in [1.165, 1.54) is 0 Å². The van der Waals surface area contributed by atoms with Crippen LogP contribution in [0.5, 0.6) is 0 Å². The van der Waals surface area contributed by atoms with E-state index in [0.717, 1.165) is 51.9 Å². The number of aliphatic hydroxyl groups is 2. The van der Waals surface area contributed by atoms with Crippen LogP contribution in [0.25, 0.3) is 0 Å². The van der Waals surface area contributed by atoms with Gasteiger partial charge in [-0.3, -0.25) is 0 Å². The fourth-order valence-corrected chi connectivity index (χ4v) is 3.05. The lowest BCUT2D eigenvalue weighted by Gasteiger charge is -2.24. The van der Waals surface area contributed by atoms with Crippen LogP contribution in [0.15, 0.2) is 0 Å². The van der Waals surface area contributed by atoms with Gasteiger partial charge in [-0.2, -0.15) is 0 Å². The number of amides is 2. The van der Waals surface area contributed by atoms with E-state index in [1.54, 1.807) is 0 Å². The third kappa shape index (κ3) is 3.14. The van der Waals surface area contributed by atoms with Crippen LogP contribution in [-0.4, -0.2) is 65.4 Å². The van der Waals surface area contributed by atoms with Crippen LogP contribution in [0.1, 0.15) is 25.7 Å². The fraction of sp³-hybridized carbons (Fsp3) is 0.923. The average molecular weight is 256 g/mol. The third-order valence-electron chi connectivity index (χ3n) is 4.19. The molecule has 2 amide bonds. The van der Waals surface area contributed by atoms with Crippen molar-refractivity contribution in [3.8, 4) is 0 Å². The summed E-state index contributed by atoms with van der Waals surface area (Å²) < 4.78 is 0. The van der Waals surface area contributed by atoms with Crippen LogP contribution >= 0.6 is 0 Å². The van der Waals surface area contributed by atoms with Gasteiger partial charge in [0.2, 0.25) is 0 Å². The molecule has 0 aromatic heterocycles. The first kappa shape index (κ1) is 13.6. The van der Waals surface area contributed by atoms with E-state index in [4.69, 9.17) is 10.2 Å². The van der Waals surface area contributed by atoms with Crippen LogP contribution < -0.4 is 0 Å². The SMILES string of the molecule is O=C(N1CCC(CCO)C1)N1CCC(CCO)C1. The molecular weight excluding hydrogens is 232 g/mol. The quantitative estimate of drug-likeness (QED) is 0.770. The average Bonchev–Trinajstić information content (AvgIpc) is 2.98. The number of nitrogens with zero attached hydrogens (tertiary/aromatic N) is 2. The summed E-state index contributed by atoms with van der Waals surface area (Å²) in [6, 6.07) is 0.149. The van der Waals surface area contributed by atoms with Crippen LogP contribution in [0, 0.1) is 11.8 Å². The predicted octanol–water partition coefficient (Wildman–Crippen LogP) is 0.515. The molecule has 0 aromatic carbocycles. The number of rotatable bonds is 4. The maximum absolute atomic E-state index is 12.3. The summed E-state index contributed by atoms with van der Waals surface area (Å²) in [5, 5.41) is 17.8. The van der Waals surface area contributed by atoms with Crippen molar-refractivity contribution >= 4 is 6.03 Å². The molecule has 5 heteroatoms. The van der Waals surface area contributed by atoms with Gasteiger partial charge in [0, 0.05) is 39.4 Å². The molecule has 2 atom stereocenters. The molecule has 2 rings (SSSR count). The molecule has 2 N–H and O–H groups in total. The Morgan fingerprint density at radius 1 is 0.944 bits per heavy atom. The van der Waals surface area contributed by atoms with Crippen molar-refractivity contribution in [2.45, 2.75) is 25.7 Å². The van der Waals surface area contributed by atoms with E-state index in [0.29, 0.717) is 11.8 Å². The predicted molar refractivity (Wildman–Crippen MR) is 68.2 cm³/mol. The molecule has 104 valence electrons. The van der Waals surface area contributed by atoms with E-state index in [-0.39, 0.29) is 19.2 Å². The molecule has 0 radical (unpaired) electrons. The number of hydrogen-bond donors (Lipinski definition) is 2. The van der Waals surface area contributed by atoms with Crippen LogP contribution in [0.2, 0.25) is 0 Å². The lowest BCUT2D eigenvalue weighted by atomic mass is 10.1. The summed E-state index contributed by atoms with van der Waals surface area (Å²) in [6.45, 7) is 3.67. The van der Waals surface area contributed by atoms with Gasteiger partial charge in [0.25, 0.3) is 0 Å². The number of carbonyl (C=O) groups is 1. The Bertz CT molecular complexity index is 259. The zero-order chi connectivity index (χ0) is 13.0. The van der Waals surface area contributed by atoms with E-state index in [9.17, 15) is 4.79 Å². The van der Waals surface area contributed by atoms with Gasteiger partial charge in [-0.05, 0) is 37.5 Å². The maximum Gasteiger partial charge on any atom is 0.320 e.